The third-order valence-electron chi connectivity index (χ3n) is 2.66. The summed E-state index contributed by atoms with van der Waals surface area (Å²) >= 11 is 0. The minimum atomic E-state index is 0.941. The lowest BCUT2D eigenvalue weighted by Gasteiger charge is -1.95. The number of benzene rings is 2. The molecule has 0 N–H and O–H groups in total. The van der Waals surface area contributed by atoms with Gasteiger partial charge in [0.1, 0.15) is 0 Å². The van der Waals surface area contributed by atoms with Crippen LogP contribution in [0.5, 0.6) is 0 Å². The van der Waals surface area contributed by atoms with E-state index in [1.165, 1.54) is 5.56 Å². The maximum atomic E-state index is 3.18. The lowest BCUT2D eigenvalue weighted by atomic mass is 10.1. The van der Waals surface area contributed by atoms with Crippen LogP contribution >= 0.6 is 0 Å². The van der Waals surface area contributed by atoms with Gasteiger partial charge < -0.3 is 0 Å². The Balaban J connectivity index is 2.00. The molecule has 0 aliphatic rings. The number of hydrogen-bond acceptors (Lipinski definition) is 0. The van der Waals surface area contributed by atoms with E-state index in [0.29, 0.717) is 0 Å². The summed E-state index contributed by atoms with van der Waals surface area (Å²) < 4.78 is 0. The van der Waals surface area contributed by atoms with Gasteiger partial charge in [-0.25, -0.2) is 0 Å². The molecular weight excluding hydrogens is 216 g/mol. The van der Waals surface area contributed by atoms with Crippen LogP contribution in [0.4, 0.5) is 0 Å². The molecule has 2 rings (SSSR count). The van der Waals surface area contributed by atoms with Crippen molar-refractivity contribution in [2.45, 2.75) is 13.3 Å². The molecule has 0 fully saturated rings. The Kier molecular flexibility index (Phi) is 4.39. The van der Waals surface area contributed by atoms with E-state index < -0.39 is 0 Å². The second kappa shape index (κ2) is 6.47. The standard InChI is InChI=1S/C18H16/c1-16(12-14-17-8-4-2-5-9-17)13-15-18-10-6-3-7-11-18/h2-12H,14H2,1H3/b16-12-. The summed E-state index contributed by atoms with van der Waals surface area (Å²) in [4.78, 5) is 0. The normalized spacial score (nSPS) is 10.6. The molecule has 0 bridgehead atoms. The molecule has 88 valence electrons. The van der Waals surface area contributed by atoms with Gasteiger partial charge in [-0.1, -0.05) is 66.4 Å². The second-order valence-corrected chi connectivity index (χ2v) is 4.19. The summed E-state index contributed by atoms with van der Waals surface area (Å²) in [5, 5.41) is 0. The Bertz CT molecular complexity index is 566. The topological polar surface area (TPSA) is 0 Å². The Morgan fingerprint density at radius 2 is 1.56 bits per heavy atom. The van der Waals surface area contributed by atoms with Crippen LogP contribution in [0.15, 0.2) is 72.3 Å². The van der Waals surface area contributed by atoms with Crippen LogP contribution in [0.25, 0.3) is 0 Å². The molecule has 18 heavy (non-hydrogen) atoms. The van der Waals surface area contributed by atoms with Crippen molar-refractivity contribution in [2.24, 2.45) is 0 Å². The van der Waals surface area contributed by atoms with Crippen LogP contribution < -0.4 is 0 Å². The van der Waals surface area contributed by atoms with Crippen LogP contribution in [0.2, 0.25) is 0 Å². The van der Waals surface area contributed by atoms with Gasteiger partial charge in [-0.2, -0.15) is 0 Å². The van der Waals surface area contributed by atoms with Gasteiger partial charge in [-0.3, -0.25) is 0 Å². The molecule has 0 nitrogen and oxygen atoms in total. The maximum Gasteiger partial charge on any atom is 0.0248 e. The van der Waals surface area contributed by atoms with Crippen molar-refractivity contribution in [3.05, 3.63) is 83.4 Å². The Labute approximate surface area is 109 Å². The fourth-order valence-corrected chi connectivity index (χ4v) is 1.63. The first-order valence-corrected chi connectivity index (χ1v) is 6.12. The van der Waals surface area contributed by atoms with Crippen molar-refractivity contribution in [3.8, 4) is 11.8 Å². The molecule has 0 saturated carbocycles. The van der Waals surface area contributed by atoms with Crippen LogP contribution in [0, 0.1) is 11.8 Å². The monoisotopic (exact) mass is 232 g/mol. The third kappa shape index (κ3) is 3.96. The average molecular weight is 232 g/mol. The molecule has 0 spiro atoms. The summed E-state index contributed by atoms with van der Waals surface area (Å²) in [5.74, 6) is 6.34. The van der Waals surface area contributed by atoms with Crippen LogP contribution in [-0.2, 0) is 6.42 Å². The molecule has 0 radical (unpaired) electrons. The minimum Gasteiger partial charge on any atom is -0.0688 e. The predicted molar refractivity (Wildman–Crippen MR) is 77.2 cm³/mol. The first kappa shape index (κ1) is 12.2. The number of allylic oxidation sites excluding steroid dienone is 2. The molecular formula is C18H16. The molecule has 2 aromatic rings. The summed E-state index contributed by atoms with van der Waals surface area (Å²) in [6.45, 7) is 2.05. The van der Waals surface area contributed by atoms with Gasteiger partial charge in [-0.05, 0) is 36.6 Å². The lowest BCUT2D eigenvalue weighted by molar-refractivity contribution is 1.25. The largest absolute Gasteiger partial charge is 0.0688 e. The highest BCUT2D eigenvalue weighted by atomic mass is 13.9. The van der Waals surface area contributed by atoms with Crippen LogP contribution in [-0.4, -0.2) is 0 Å². The second-order valence-electron chi connectivity index (χ2n) is 4.19. The van der Waals surface area contributed by atoms with Gasteiger partial charge in [0, 0.05) is 5.56 Å². The van der Waals surface area contributed by atoms with E-state index in [9.17, 15) is 0 Å². The van der Waals surface area contributed by atoms with E-state index in [2.05, 4.69) is 49.1 Å². The highest BCUT2D eigenvalue weighted by molar-refractivity contribution is 5.40. The zero-order chi connectivity index (χ0) is 12.6. The van der Waals surface area contributed by atoms with Gasteiger partial charge in [-0.15, -0.1) is 0 Å². The quantitative estimate of drug-likeness (QED) is 0.680. The highest BCUT2D eigenvalue weighted by Gasteiger charge is 1.88. The number of rotatable bonds is 2. The summed E-state index contributed by atoms with van der Waals surface area (Å²) in [6.07, 6.45) is 3.11. The molecule has 0 aromatic heterocycles. The lowest BCUT2D eigenvalue weighted by Crippen LogP contribution is -1.81. The smallest absolute Gasteiger partial charge is 0.0248 e. The van der Waals surface area contributed by atoms with Crippen LogP contribution in [0.3, 0.4) is 0 Å². The van der Waals surface area contributed by atoms with Gasteiger partial charge >= 0.3 is 0 Å². The molecule has 0 aliphatic carbocycles. The third-order valence-corrected chi connectivity index (χ3v) is 2.66. The van der Waals surface area contributed by atoms with E-state index >= 15 is 0 Å². The van der Waals surface area contributed by atoms with E-state index in [4.69, 9.17) is 0 Å². The van der Waals surface area contributed by atoms with Crippen molar-refractivity contribution in [1.82, 2.24) is 0 Å². The van der Waals surface area contributed by atoms with Gasteiger partial charge in [0.05, 0.1) is 0 Å². The number of hydrogen-bond donors (Lipinski definition) is 0. The molecule has 0 heterocycles. The molecule has 0 amide bonds. The first-order valence-electron chi connectivity index (χ1n) is 6.12. The molecule has 0 heteroatoms. The SMILES string of the molecule is C/C(C#Cc1ccccc1)=C/Cc1ccccc1. The van der Waals surface area contributed by atoms with Crippen molar-refractivity contribution in [1.29, 1.82) is 0 Å². The van der Waals surface area contributed by atoms with Crippen molar-refractivity contribution >= 4 is 0 Å². The Morgan fingerprint density at radius 3 is 2.22 bits per heavy atom. The van der Waals surface area contributed by atoms with Gasteiger partial charge in [0.2, 0.25) is 0 Å². The zero-order valence-corrected chi connectivity index (χ0v) is 10.6. The first-order chi connectivity index (χ1) is 8.84. The molecule has 0 atom stereocenters. The van der Waals surface area contributed by atoms with E-state index in [1.807, 2.05) is 36.4 Å². The Hall–Kier alpha value is -2.26. The Morgan fingerprint density at radius 1 is 0.944 bits per heavy atom. The minimum absolute atomic E-state index is 0.941. The van der Waals surface area contributed by atoms with E-state index in [1.54, 1.807) is 0 Å². The van der Waals surface area contributed by atoms with Crippen molar-refractivity contribution in [3.63, 3.8) is 0 Å². The molecule has 0 saturated heterocycles. The van der Waals surface area contributed by atoms with Gasteiger partial charge in [0.25, 0.3) is 0 Å². The summed E-state index contributed by atoms with van der Waals surface area (Å²) in [5.41, 5.74) is 3.49. The van der Waals surface area contributed by atoms with E-state index in [-0.39, 0.29) is 0 Å². The fourth-order valence-electron chi connectivity index (χ4n) is 1.63. The predicted octanol–water partition coefficient (Wildman–Crippen LogP) is 4.23. The molecule has 2 aromatic carbocycles. The molecule has 0 unspecified atom stereocenters. The summed E-state index contributed by atoms with van der Waals surface area (Å²) in [7, 11) is 0. The fraction of sp³-hybridized carbons (Fsp3) is 0.111. The highest BCUT2D eigenvalue weighted by Crippen LogP contribution is 2.03. The van der Waals surface area contributed by atoms with Crippen molar-refractivity contribution in [2.75, 3.05) is 0 Å². The molecule has 0 aliphatic heterocycles. The van der Waals surface area contributed by atoms with Gasteiger partial charge in [0.15, 0.2) is 0 Å². The zero-order valence-electron chi connectivity index (χ0n) is 10.6. The van der Waals surface area contributed by atoms with Crippen molar-refractivity contribution < 1.29 is 0 Å². The van der Waals surface area contributed by atoms with Crippen LogP contribution in [0.1, 0.15) is 18.1 Å². The average Bonchev–Trinajstić information content (AvgIpc) is 2.45. The maximum absolute atomic E-state index is 3.18. The summed E-state index contributed by atoms with van der Waals surface area (Å²) in [6, 6.07) is 20.5. The van der Waals surface area contributed by atoms with E-state index in [0.717, 1.165) is 17.6 Å².